The van der Waals surface area contributed by atoms with Crippen molar-refractivity contribution in [1.82, 2.24) is 5.32 Å². The van der Waals surface area contributed by atoms with Crippen molar-refractivity contribution in [1.29, 1.82) is 0 Å². The summed E-state index contributed by atoms with van der Waals surface area (Å²) in [5, 5.41) is 3.41. The number of rotatable bonds is 2. The van der Waals surface area contributed by atoms with E-state index in [0.29, 0.717) is 30.7 Å². The van der Waals surface area contributed by atoms with E-state index in [1.165, 1.54) is 6.07 Å². The minimum absolute atomic E-state index is 0.182. The molecule has 1 fully saturated rings. The Kier molecular flexibility index (Phi) is 4.17. The Hall–Kier alpha value is -0.450. The Labute approximate surface area is 110 Å². The number of hydrogen-bond donors (Lipinski definition) is 1. The van der Waals surface area contributed by atoms with E-state index in [-0.39, 0.29) is 11.9 Å². The van der Waals surface area contributed by atoms with Gasteiger partial charge in [0.2, 0.25) is 0 Å². The first-order valence-electron chi connectivity index (χ1n) is 5.88. The van der Waals surface area contributed by atoms with Crippen LogP contribution in [0.2, 0.25) is 0 Å². The molecule has 1 aliphatic rings. The predicted molar refractivity (Wildman–Crippen MR) is 69.4 cm³/mol. The van der Waals surface area contributed by atoms with Gasteiger partial charge in [-0.25, -0.2) is 4.39 Å². The predicted octanol–water partition coefficient (Wildman–Crippen LogP) is 3.27. The first kappa shape index (κ1) is 13.0. The van der Waals surface area contributed by atoms with E-state index in [4.69, 9.17) is 4.74 Å². The standard InChI is InChI=1S/C13H17BrFNO/c1-8(2)12-7-17-13(6-16-12)10-4-3-9(14)5-11(10)15/h3-5,8,12-13,16H,6-7H2,1-2H3. The average Bonchev–Trinajstić information content (AvgIpc) is 2.29. The Bertz CT molecular complexity index is 389. The highest BCUT2D eigenvalue weighted by atomic mass is 79.9. The molecule has 2 atom stereocenters. The lowest BCUT2D eigenvalue weighted by atomic mass is 10.0. The minimum Gasteiger partial charge on any atom is -0.370 e. The number of halogens is 2. The maximum absolute atomic E-state index is 13.8. The van der Waals surface area contributed by atoms with Crippen LogP contribution in [0.4, 0.5) is 4.39 Å². The van der Waals surface area contributed by atoms with Crippen LogP contribution < -0.4 is 5.32 Å². The van der Waals surface area contributed by atoms with Gasteiger partial charge in [0, 0.05) is 22.6 Å². The Morgan fingerprint density at radius 2 is 2.24 bits per heavy atom. The molecule has 1 saturated heterocycles. The first-order chi connectivity index (χ1) is 8.08. The summed E-state index contributed by atoms with van der Waals surface area (Å²) in [7, 11) is 0. The second kappa shape index (κ2) is 5.46. The third-order valence-corrected chi connectivity index (χ3v) is 3.65. The van der Waals surface area contributed by atoms with E-state index < -0.39 is 0 Å². The van der Waals surface area contributed by atoms with Crippen LogP contribution in [0.25, 0.3) is 0 Å². The van der Waals surface area contributed by atoms with Crippen molar-refractivity contribution in [2.75, 3.05) is 13.2 Å². The SMILES string of the molecule is CC(C)C1COC(c2ccc(Br)cc2F)CN1. The maximum atomic E-state index is 13.8. The van der Waals surface area contributed by atoms with Crippen molar-refractivity contribution in [3.05, 3.63) is 34.1 Å². The van der Waals surface area contributed by atoms with E-state index in [1.807, 2.05) is 6.07 Å². The molecule has 0 bridgehead atoms. The summed E-state index contributed by atoms with van der Waals surface area (Å²) in [4.78, 5) is 0. The second-order valence-electron chi connectivity index (χ2n) is 4.75. The number of benzene rings is 1. The van der Waals surface area contributed by atoms with Crippen molar-refractivity contribution in [2.24, 2.45) is 5.92 Å². The molecule has 0 aromatic heterocycles. The van der Waals surface area contributed by atoms with Gasteiger partial charge >= 0.3 is 0 Å². The number of hydrogen-bond acceptors (Lipinski definition) is 2. The number of nitrogens with one attached hydrogen (secondary N) is 1. The molecule has 0 saturated carbocycles. The molecule has 4 heteroatoms. The van der Waals surface area contributed by atoms with Gasteiger partial charge in [-0.2, -0.15) is 0 Å². The van der Waals surface area contributed by atoms with Crippen molar-refractivity contribution < 1.29 is 9.13 Å². The summed E-state index contributed by atoms with van der Waals surface area (Å²) < 4.78 is 20.2. The number of morpholine rings is 1. The fraction of sp³-hybridized carbons (Fsp3) is 0.538. The zero-order valence-electron chi connectivity index (χ0n) is 10.0. The molecule has 1 aromatic rings. The summed E-state index contributed by atoms with van der Waals surface area (Å²) in [6.07, 6.45) is -0.182. The van der Waals surface area contributed by atoms with Crippen LogP contribution in [0.5, 0.6) is 0 Å². The normalized spacial score (nSPS) is 25.2. The van der Waals surface area contributed by atoms with E-state index in [0.717, 1.165) is 4.47 Å². The fourth-order valence-electron chi connectivity index (χ4n) is 1.99. The molecule has 1 heterocycles. The maximum Gasteiger partial charge on any atom is 0.130 e. The van der Waals surface area contributed by atoms with Gasteiger partial charge < -0.3 is 10.1 Å². The van der Waals surface area contributed by atoms with E-state index in [2.05, 4.69) is 35.1 Å². The molecule has 2 rings (SSSR count). The molecule has 2 nitrogen and oxygen atoms in total. The van der Waals surface area contributed by atoms with Gasteiger partial charge in [0.15, 0.2) is 0 Å². The van der Waals surface area contributed by atoms with Crippen molar-refractivity contribution in [2.45, 2.75) is 26.0 Å². The molecule has 1 N–H and O–H groups in total. The van der Waals surface area contributed by atoms with Crippen LogP contribution in [0.1, 0.15) is 25.5 Å². The molecule has 0 spiro atoms. The van der Waals surface area contributed by atoms with Gasteiger partial charge in [-0.3, -0.25) is 0 Å². The second-order valence-corrected chi connectivity index (χ2v) is 5.66. The monoisotopic (exact) mass is 301 g/mol. The lowest BCUT2D eigenvalue weighted by Crippen LogP contribution is -2.45. The lowest BCUT2D eigenvalue weighted by molar-refractivity contribution is -0.00884. The van der Waals surface area contributed by atoms with E-state index in [1.54, 1.807) is 6.07 Å². The van der Waals surface area contributed by atoms with E-state index in [9.17, 15) is 4.39 Å². The number of ether oxygens (including phenoxy) is 1. The van der Waals surface area contributed by atoms with E-state index >= 15 is 0 Å². The summed E-state index contributed by atoms with van der Waals surface area (Å²) in [5.74, 6) is 0.319. The molecular formula is C13H17BrFNO. The zero-order valence-corrected chi connectivity index (χ0v) is 11.6. The van der Waals surface area contributed by atoms with Gasteiger partial charge in [-0.05, 0) is 18.1 Å². The lowest BCUT2D eigenvalue weighted by Gasteiger charge is -2.32. The smallest absolute Gasteiger partial charge is 0.130 e. The average molecular weight is 302 g/mol. The third-order valence-electron chi connectivity index (χ3n) is 3.16. The van der Waals surface area contributed by atoms with Crippen molar-refractivity contribution >= 4 is 15.9 Å². The summed E-state index contributed by atoms with van der Waals surface area (Å²) in [6, 6.07) is 5.47. The third kappa shape index (κ3) is 3.06. The molecule has 1 aromatic carbocycles. The topological polar surface area (TPSA) is 21.3 Å². The van der Waals surface area contributed by atoms with Gasteiger partial charge in [0.05, 0.1) is 12.7 Å². The molecule has 17 heavy (non-hydrogen) atoms. The fourth-order valence-corrected chi connectivity index (χ4v) is 2.32. The summed E-state index contributed by atoms with van der Waals surface area (Å²) >= 11 is 3.25. The van der Waals surface area contributed by atoms with Crippen molar-refractivity contribution in [3.63, 3.8) is 0 Å². The zero-order chi connectivity index (χ0) is 12.4. The molecule has 0 amide bonds. The van der Waals surface area contributed by atoms with Crippen LogP contribution in [-0.2, 0) is 4.74 Å². The highest BCUT2D eigenvalue weighted by molar-refractivity contribution is 9.10. The Balaban J connectivity index is 2.05. The summed E-state index contributed by atoms with van der Waals surface area (Å²) in [5.41, 5.74) is 0.628. The molecule has 2 unspecified atom stereocenters. The highest BCUT2D eigenvalue weighted by Crippen LogP contribution is 2.26. The van der Waals surface area contributed by atoms with Crippen LogP contribution in [0.3, 0.4) is 0 Å². The van der Waals surface area contributed by atoms with Gasteiger partial charge in [0.1, 0.15) is 5.82 Å². The van der Waals surface area contributed by atoms with Crippen LogP contribution >= 0.6 is 15.9 Å². The van der Waals surface area contributed by atoms with Gasteiger partial charge in [-0.1, -0.05) is 35.8 Å². The highest BCUT2D eigenvalue weighted by Gasteiger charge is 2.25. The van der Waals surface area contributed by atoms with Gasteiger partial charge in [-0.15, -0.1) is 0 Å². The Morgan fingerprint density at radius 3 is 2.76 bits per heavy atom. The van der Waals surface area contributed by atoms with Gasteiger partial charge in [0.25, 0.3) is 0 Å². The Morgan fingerprint density at radius 1 is 1.47 bits per heavy atom. The van der Waals surface area contributed by atoms with Crippen LogP contribution in [0, 0.1) is 11.7 Å². The molecule has 0 aliphatic carbocycles. The summed E-state index contributed by atoms with van der Waals surface area (Å²) in [6.45, 7) is 5.61. The van der Waals surface area contributed by atoms with Crippen LogP contribution in [0.15, 0.2) is 22.7 Å². The first-order valence-corrected chi connectivity index (χ1v) is 6.67. The molecule has 0 radical (unpaired) electrons. The largest absolute Gasteiger partial charge is 0.370 e. The van der Waals surface area contributed by atoms with Crippen molar-refractivity contribution in [3.8, 4) is 0 Å². The molecule has 1 aliphatic heterocycles. The quantitative estimate of drug-likeness (QED) is 0.905. The van der Waals surface area contributed by atoms with Crippen LogP contribution in [-0.4, -0.2) is 19.2 Å². The molecular weight excluding hydrogens is 285 g/mol. The minimum atomic E-state index is -0.214. The molecule has 94 valence electrons.